The van der Waals surface area contributed by atoms with Gasteiger partial charge in [-0.05, 0) is 47.6 Å². The second-order valence-electron chi connectivity index (χ2n) is 3.47. The van der Waals surface area contributed by atoms with Crippen molar-refractivity contribution in [1.82, 2.24) is 0 Å². The van der Waals surface area contributed by atoms with Gasteiger partial charge in [0.25, 0.3) is 0 Å². The minimum Gasteiger partial charge on any atom is -0.289 e. The third kappa shape index (κ3) is 2.37. The molecule has 0 saturated carbocycles. The van der Waals surface area contributed by atoms with E-state index in [1.165, 1.54) is 0 Å². The number of halogens is 1. The summed E-state index contributed by atoms with van der Waals surface area (Å²) in [6, 6.07) is 7.72. The molecule has 1 aromatic carbocycles. The van der Waals surface area contributed by atoms with E-state index in [-0.39, 0.29) is 5.78 Å². The molecule has 1 aliphatic rings. The quantitative estimate of drug-likeness (QED) is 0.600. The van der Waals surface area contributed by atoms with E-state index in [2.05, 4.69) is 28.7 Å². The molecule has 0 atom stereocenters. The van der Waals surface area contributed by atoms with Crippen LogP contribution in [0.25, 0.3) is 0 Å². The fraction of sp³-hybridized carbons (Fsp3) is 0.154. The summed E-state index contributed by atoms with van der Waals surface area (Å²) in [5.74, 6) is 0.171. The van der Waals surface area contributed by atoms with E-state index in [0.29, 0.717) is 0 Å². The molecule has 1 nitrogen and oxygen atoms in total. The van der Waals surface area contributed by atoms with E-state index in [9.17, 15) is 4.79 Å². The van der Waals surface area contributed by atoms with Gasteiger partial charge in [0.05, 0.1) is 0 Å². The standard InChI is InChI=1S/C13H11IO/c14-12-9-5-4-8-11(12)13(15)10-6-2-1-3-7-10/h1-2,4-6,8-9H,3,7H2. The van der Waals surface area contributed by atoms with Crippen LogP contribution < -0.4 is 0 Å². The average Bonchev–Trinajstić information content (AvgIpc) is 2.30. The predicted octanol–water partition coefficient (Wildman–Crippen LogP) is 3.75. The van der Waals surface area contributed by atoms with Crippen LogP contribution in [0.2, 0.25) is 0 Å². The highest BCUT2D eigenvalue weighted by Crippen LogP contribution is 2.20. The Bertz CT molecular complexity index is 444. The predicted molar refractivity (Wildman–Crippen MR) is 69.9 cm³/mol. The molecule has 0 unspecified atom stereocenters. The van der Waals surface area contributed by atoms with Gasteiger partial charge in [-0.1, -0.05) is 30.4 Å². The second kappa shape index (κ2) is 4.75. The number of ketones is 1. The number of benzene rings is 1. The summed E-state index contributed by atoms with van der Waals surface area (Å²) in [5.41, 5.74) is 1.74. The van der Waals surface area contributed by atoms with E-state index >= 15 is 0 Å². The monoisotopic (exact) mass is 310 g/mol. The fourth-order valence-electron chi connectivity index (χ4n) is 1.61. The highest BCUT2D eigenvalue weighted by molar-refractivity contribution is 14.1. The van der Waals surface area contributed by atoms with Crippen molar-refractivity contribution in [3.63, 3.8) is 0 Å². The van der Waals surface area contributed by atoms with E-state index < -0.39 is 0 Å². The summed E-state index contributed by atoms with van der Waals surface area (Å²) < 4.78 is 1.02. The largest absolute Gasteiger partial charge is 0.289 e. The highest BCUT2D eigenvalue weighted by atomic mass is 127. The molecule has 0 aliphatic heterocycles. The van der Waals surface area contributed by atoms with Crippen molar-refractivity contribution < 1.29 is 4.79 Å². The van der Waals surface area contributed by atoms with Crippen LogP contribution in [0, 0.1) is 3.57 Å². The van der Waals surface area contributed by atoms with E-state index in [4.69, 9.17) is 0 Å². The minimum absolute atomic E-state index is 0.171. The van der Waals surface area contributed by atoms with Gasteiger partial charge in [-0.3, -0.25) is 4.79 Å². The molecule has 0 aromatic heterocycles. The van der Waals surface area contributed by atoms with Crippen molar-refractivity contribution in [3.05, 3.63) is 57.2 Å². The van der Waals surface area contributed by atoms with Gasteiger partial charge in [0.2, 0.25) is 0 Å². The first-order valence-corrected chi connectivity index (χ1v) is 6.02. The summed E-state index contributed by atoms with van der Waals surface area (Å²) in [5, 5.41) is 0. The number of hydrogen-bond acceptors (Lipinski definition) is 1. The van der Waals surface area contributed by atoms with Crippen LogP contribution >= 0.6 is 22.6 Å². The van der Waals surface area contributed by atoms with Gasteiger partial charge >= 0.3 is 0 Å². The first kappa shape index (κ1) is 10.6. The lowest BCUT2D eigenvalue weighted by Gasteiger charge is -2.08. The number of allylic oxidation sites excluding steroid dienone is 4. The number of rotatable bonds is 2. The third-order valence-corrected chi connectivity index (χ3v) is 3.36. The maximum Gasteiger partial charge on any atom is 0.190 e. The Morgan fingerprint density at radius 2 is 2.07 bits per heavy atom. The van der Waals surface area contributed by atoms with E-state index in [1.54, 1.807) is 0 Å². The number of hydrogen-bond donors (Lipinski definition) is 0. The van der Waals surface area contributed by atoms with Crippen molar-refractivity contribution in [2.75, 3.05) is 0 Å². The lowest BCUT2D eigenvalue weighted by atomic mass is 9.96. The van der Waals surface area contributed by atoms with Crippen molar-refractivity contribution in [3.8, 4) is 0 Å². The Morgan fingerprint density at radius 3 is 2.73 bits per heavy atom. The van der Waals surface area contributed by atoms with Crippen LogP contribution in [-0.2, 0) is 0 Å². The first-order valence-electron chi connectivity index (χ1n) is 4.94. The SMILES string of the molecule is O=C(C1=CC=CCC1)c1ccccc1I. The maximum atomic E-state index is 12.1. The molecule has 2 heteroatoms. The summed E-state index contributed by atoms with van der Waals surface area (Å²) in [4.78, 5) is 12.1. The molecule has 2 rings (SSSR count). The third-order valence-electron chi connectivity index (χ3n) is 2.42. The van der Waals surface area contributed by atoms with Gasteiger partial charge < -0.3 is 0 Å². The van der Waals surface area contributed by atoms with Crippen LogP contribution in [0.1, 0.15) is 23.2 Å². The summed E-state index contributed by atoms with van der Waals surface area (Å²) in [7, 11) is 0. The lowest BCUT2D eigenvalue weighted by molar-refractivity contribution is 0.103. The molecule has 1 aromatic rings. The van der Waals surface area contributed by atoms with Gasteiger partial charge in [-0.2, -0.15) is 0 Å². The molecule has 0 saturated heterocycles. The first-order chi connectivity index (χ1) is 7.29. The normalized spacial score (nSPS) is 14.9. The minimum atomic E-state index is 0.171. The highest BCUT2D eigenvalue weighted by Gasteiger charge is 2.14. The number of carbonyl (C=O) groups excluding carboxylic acids is 1. The van der Waals surface area contributed by atoms with E-state index in [1.807, 2.05) is 36.4 Å². The van der Waals surface area contributed by atoms with Crippen LogP contribution in [0.15, 0.2) is 48.1 Å². The summed E-state index contributed by atoms with van der Waals surface area (Å²) in [6.07, 6.45) is 7.81. The van der Waals surface area contributed by atoms with Crippen molar-refractivity contribution in [2.45, 2.75) is 12.8 Å². The zero-order valence-electron chi connectivity index (χ0n) is 8.24. The molecule has 1 aliphatic carbocycles. The molecule has 0 heterocycles. The van der Waals surface area contributed by atoms with Crippen LogP contribution in [0.4, 0.5) is 0 Å². The van der Waals surface area contributed by atoms with E-state index in [0.717, 1.165) is 27.5 Å². The number of Topliss-reactive ketones (excluding diaryl/α,β-unsaturated/α-hetero) is 1. The Balaban J connectivity index is 2.32. The molecule has 0 radical (unpaired) electrons. The Labute approximate surface area is 103 Å². The van der Waals surface area contributed by atoms with Crippen molar-refractivity contribution >= 4 is 28.4 Å². The van der Waals surface area contributed by atoms with Gasteiger partial charge in [0.1, 0.15) is 0 Å². The second-order valence-corrected chi connectivity index (χ2v) is 4.63. The zero-order valence-corrected chi connectivity index (χ0v) is 10.4. The van der Waals surface area contributed by atoms with Crippen LogP contribution in [-0.4, -0.2) is 5.78 Å². The zero-order chi connectivity index (χ0) is 10.7. The lowest BCUT2D eigenvalue weighted by Crippen LogP contribution is -2.06. The molecular formula is C13H11IO. The molecular weight excluding hydrogens is 299 g/mol. The van der Waals surface area contributed by atoms with Crippen LogP contribution in [0.3, 0.4) is 0 Å². The van der Waals surface area contributed by atoms with Gasteiger partial charge in [0.15, 0.2) is 5.78 Å². The maximum absolute atomic E-state index is 12.1. The smallest absolute Gasteiger partial charge is 0.190 e. The fourth-order valence-corrected chi connectivity index (χ4v) is 2.24. The molecule has 0 amide bonds. The summed E-state index contributed by atoms with van der Waals surface area (Å²) >= 11 is 2.21. The van der Waals surface area contributed by atoms with Crippen molar-refractivity contribution in [1.29, 1.82) is 0 Å². The number of carbonyl (C=O) groups is 1. The van der Waals surface area contributed by atoms with Crippen LogP contribution in [0.5, 0.6) is 0 Å². The molecule has 0 N–H and O–H groups in total. The summed E-state index contributed by atoms with van der Waals surface area (Å²) in [6.45, 7) is 0. The Hall–Kier alpha value is -0.900. The Morgan fingerprint density at radius 1 is 1.27 bits per heavy atom. The average molecular weight is 310 g/mol. The molecule has 0 bridgehead atoms. The van der Waals surface area contributed by atoms with Gasteiger partial charge in [-0.25, -0.2) is 0 Å². The molecule has 76 valence electrons. The molecule has 15 heavy (non-hydrogen) atoms. The van der Waals surface area contributed by atoms with Gasteiger partial charge in [0, 0.05) is 14.7 Å². The molecule has 0 fully saturated rings. The Kier molecular flexibility index (Phi) is 3.36. The topological polar surface area (TPSA) is 17.1 Å². The van der Waals surface area contributed by atoms with Crippen molar-refractivity contribution in [2.24, 2.45) is 0 Å². The molecule has 0 spiro atoms. The van der Waals surface area contributed by atoms with Gasteiger partial charge in [-0.15, -0.1) is 0 Å².